The smallest absolute Gasteiger partial charge is 0.157 e. The molecule has 2 saturated carbocycles. The molecule has 4 heteroatoms. The van der Waals surface area contributed by atoms with Crippen molar-refractivity contribution in [2.45, 2.75) is 124 Å². The Morgan fingerprint density at radius 2 is 1.88 bits per heavy atom. The maximum Gasteiger partial charge on any atom is 0.157 e. The molecule has 3 aliphatic rings. The van der Waals surface area contributed by atoms with E-state index in [1.807, 2.05) is 0 Å². The minimum atomic E-state index is 0.0326. The predicted molar refractivity (Wildman–Crippen MR) is 137 cm³/mol. The molecule has 192 valence electrons. The lowest BCUT2D eigenvalue weighted by atomic mass is 9.72. The van der Waals surface area contributed by atoms with Crippen LogP contribution in [-0.2, 0) is 14.2 Å². The molecule has 2 aliphatic carbocycles. The van der Waals surface area contributed by atoms with Crippen molar-refractivity contribution >= 4 is 0 Å². The molecule has 4 nitrogen and oxygen atoms in total. The number of ether oxygens (including phenoxy) is 3. The number of allylic oxidation sites excluding steroid dienone is 2. The second-order valence-corrected chi connectivity index (χ2v) is 11.6. The van der Waals surface area contributed by atoms with Gasteiger partial charge in [-0.25, -0.2) is 0 Å². The Morgan fingerprint density at radius 1 is 1.09 bits per heavy atom. The van der Waals surface area contributed by atoms with E-state index >= 15 is 0 Å². The number of aliphatic hydroxyl groups excluding tert-OH is 1. The maximum absolute atomic E-state index is 9.13. The van der Waals surface area contributed by atoms with Gasteiger partial charge in [-0.2, -0.15) is 0 Å². The highest BCUT2D eigenvalue weighted by Gasteiger charge is 2.33. The third-order valence-corrected chi connectivity index (χ3v) is 7.67. The fraction of sp³-hybridized carbons (Fsp3) is 0.862. The van der Waals surface area contributed by atoms with Crippen LogP contribution in [-0.4, -0.2) is 43.9 Å². The summed E-state index contributed by atoms with van der Waals surface area (Å²) in [5.41, 5.74) is 3.47. The van der Waals surface area contributed by atoms with E-state index in [1.165, 1.54) is 68.9 Å². The molecule has 1 N–H and O–H groups in total. The molecule has 1 saturated heterocycles. The van der Waals surface area contributed by atoms with Crippen LogP contribution >= 0.6 is 0 Å². The zero-order valence-electron chi connectivity index (χ0n) is 22.1. The van der Waals surface area contributed by atoms with Gasteiger partial charge in [-0.05, 0) is 102 Å². The fourth-order valence-electron chi connectivity index (χ4n) is 5.54. The maximum atomic E-state index is 9.13. The van der Waals surface area contributed by atoms with E-state index in [0.717, 1.165) is 45.5 Å². The Labute approximate surface area is 204 Å². The second-order valence-electron chi connectivity index (χ2n) is 11.6. The lowest BCUT2D eigenvalue weighted by Crippen LogP contribution is -2.35. The first-order valence-electron chi connectivity index (χ1n) is 13.5. The van der Waals surface area contributed by atoms with Crippen molar-refractivity contribution in [3.63, 3.8) is 0 Å². The quantitative estimate of drug-likeness (QED) is 0.286. The Balaban J connectivity index is 0.000000234. The SMILES string of the molecule is C=C1CCC[C@@](C)(CCOCC=C(C)C)C1.C[C@@]1(CCO)CCCC(OC2CCCCO2)C1. The monoisotopic (exact) mass is 464 g/mol. The molecule has 0 spiro atoms. The highest BCUT2D eigenvalue weighted by molar-refractivity contribution is 5.03. The van der Waals surface area contributed by atoms with Gasteiger partial charge in [0.15, 0.2) is 6.29 Å². The molecular formula is C29H52O4. The topological polar surface area (TPSA) is 47.9 Å². The van der Waals surface area contributed by atoms with Crippen molar-refractivity contribution in [2.75, 3.05) is 26.4 Å². The summed E-state index contributed by atoms with van der Waals surface area (Å²) in [5, 5.41) is 9.13. The number of hydrogen-bond donors (Lipinski definition) is 1. The molecule has 0 radical (unpaired) electrons. The van der Waals surface area contributed by atoms with Gasteiger partial charge in [0.25, 0.3) is 0 Å². The largest absolute Gasteiger partial charge is 0.396 e. The first-order valence-corrected chi connectivity index (χ1v) is 13.5. The fourth-order valence-corrected chi connectivity index (χ4v) is 5.54. The van der Waals surface area contributed by atoms with E-state index < -0.39 is 0 Å². The summed E-state index contributed by atoms with van der Waals surface area (Å²) in [6.45, 7) is 15.8. The van der Waals surface area contributed by atoms with Crippen molar-refractivity contribution in [1.29, 1.82) is 0 Å². The van der Waals surface area contributed by atoms with E-state index in [-0.39, 0.29) is 11.7 Å². The molecule has 4 atom stereocenters. The first-order chi connectivity index (χ1) is 15.7. The van der Waals surface area contributed by atoms with Crippen LogP contribution in [0.25, 0.3) is 0 Å². The van der Waals surface area contributed by atoms with E-state index in [0.29, 0.717) is 18.1 Å². The molecule has 1 aliphatic heterocycles. The summed E-state index contributed by atoms with van der Waals surface area (Å²) in [4.78, 5) is 0. The summed E-state index contributed by atoms with van der Waals surface area (Å²) in [7, 11) is 0. The first kappa shape index (κ1) is 28.6. The lowest BCUT2D eigenvalue weighted by molar-refractivity contribution is -0.200. The molecule has 0 bridgehead atoms. The highest BCUT2D eigenvalue weighted by atomic mass is 16.7. The van der Waals surface area contributed by atoms with Gasteiger partial charge in [-0.1, -0.05) is 44.1 Å². The molecule has 0 aromatic heterocycles. The van der Waals surface area contributed by atoms with Gasteiger partial charge in [-0.3, -0.25) is 0 Å². The summed E-state index contributed by atoms with van der Waals surface area (Å²) < 4.78 is 17.3. The lowest BCUT2D eigenvalue weighted by Gasteiger charge is -2.39. The third kappa shape index (κ3) is 11.5. The molecule has 0 amide bonds. The second kappa shape index (κ2) is 14.7. The molecule has 2 unspecified atom stereocenters. The van der Waals surface area contributed by atoms with Crippen LogP contribution in [0.4, 0.5) is 0 Å². The minimum absolute atomic E-state index is 0.0326. The van der Waals surface area contributed by atoms with Crippen LogP contribution < -0.4 is 0 Å². The summed E-state index contributed by atoms with van der Waals surface area (Å²) in [6, 6.07) is 0. The molecular weight excluding hydrogens is 412 g/mol. The zero-order chi connectivity index (χ0) is 24.2. The van der Waals surface area contributed by atoms with Gasteiger partial charge in [-0.15, -0.1) is 0 Å². The molecule has 1 heterocycles. The van der Waals surface area contributed by atoms with Crippen LogP contribution in [0.2, 0.25) is 0 Å². The average Bonchev–Trinajstić information content (AvgIpc) is 2.74. The Hall–Kier alpha value is -0.680. The van der Waals surface area contributed by atoms with E-state index in [1.54, 1.807) is 0 Å². The number of hydrogen-bond acceptors (Lipinski definition) is 4. The van der Waals surface area contributed by atoms with E-state index in [2.05, 4.69) is 40.3 Å². The molecule has 0 aromatic rings. The third-order valence-electron chi connectivity index (χ3n) is 7.67. The van der Waals surface area contributed by atoms with Crippen LogP contribution in [0.5, 0.6) is 0 Å². The van der Waals surface area contributed by atoms with Gasteiger partial charge in [0.05, 0.1) is 12.7 Å². The number of rotatable bonds is 9. The van der Waals surface area contributed by atoms with Crippen molar-refractivity contribution in [2.24, 2.45) is 10.8 Å². The Bertz CT molecular complexity index is 586. The Kier molecular flexibility index (Phi) is 12.7. The van der Waals surface area contributed by atoms with Crippen LogP contribution in [0.15, 0.2) is 23.8 Å². The Morgan fingerprint density at radius 3 is 2.55 bits per heavy atom. The van der Waals surface area contributed by atoms with Crippen molar-refractivity contribution < 1.29 is 19.3 Å². The highest BCUT2D eigenvalue weighted by Crippen LogP contribution is 2.41. The predicted octanol–water partition coefficient (Wildman–Crippen LogP) is 7.36. The van der Waals surface area contributed by atoms with Crippen LogP contribution in [0, 0.1) is 10.8 Å². The van der Waals surface area contributed by atoms with Gasteiger partial charge in [0.1, 0.15) is 0 Å². The van der Waals surface area contributed by atoms with Gasteiger partial charge >= 0.3 is 0 Å². The van der Waals surface area contributed by atoms with Gasteiger partial charge in [0.2, 0.25) is 0 Å². The summed E-state index contributed by atoms with van der Waals surface area (Å²) in [6.07, 6.45) is 17.8. The molecule has 0 aromatic carbocycles. The molecule has 3 fully saturated rings. The normalized spacial score (nSPS) is 32.6. The van der Waals surface area contributed by atoms with Gasteiger partial charge in [0, 0.05) is 19.8 Å². The van der Waals surface area contributed by atoms with E-state index in [4.69, 9.17) is 19.3 Å². The van der Waals surface area contributed by atoms with Crippen molar-refractivity contribution in [1.82, 2.24) is 0 Å². The summed E-state index contributed by atoms with van der Waals surface area (Å²) >= 11 is 0. The van der Waals surface area contributed by atoms with E-state index in [9.17, 15) is 0 Å². The summed E-state index contributed by atoms with van der Waals surface area (Å²) in [5.74, 6) is 0. The van der Waals surface area contributed by atoms with Crippen molar-refractivity contribution in [3.8, 4) is 0 Å². The molecule has 33 heavy (non-hydrogen) atoms. The zero-order valence-corrected chi connectivity index (χ0v) is 22.1. The van der Waals surface area contributed by atoms with Crippen LogP contribution in [0.1, 0.15) is 111 Å². The standard InChI is InChI=1S/C15H26O.C14H26O3/c1-13(2)7-10-16-11-9-15(4)8-5-6-14(3)12-15;1-14(8-9-15)7-4-5-12(11-14)17-13-6-2-3-10-16-13/h7H,3,5-6,8-12H2,1-2,4H3;12-13,15H,2-11H2,1H3/t15-;12?,13?,14-/m00/s1. The number of aliphatic hydroxyl groups is 1. The molecule has 3 rings (SSSR count). The van der Waals surface area contributed by atoms with Gasteiger partial charge < -0.3 is 19.3 Å². The van der Waals surface area contributed by atoms with Crippen LogP contribution in [0.3, 0.4) is 0 Å². The minimum Gasteiger partial charge on any atom is -0.396 e. The average molecular weight is 465 g/mol. The van der Waals surface area contributed by atoms with Crippen molar-refractivity contribution in [3.05, 3.63) is 23.8 Å².